The van der Waals surface area contributed by atoms with Crippen LogP contribution in [0.2, 0.25) is 0 Å². The number of carbonyl (C=O) groups excluding carboxylic acids is 1. The number of hydrogen-bond donors (Lipinski definition) is 3. The van der Waals surface area contributed by atoms with Crippen LogP contribution in [0.5, 0.6) is 0 Å². The number of amides is 1. The Morgan fingerprint density at radius 3 is 2.94 bits per heavy atom. The van der Waals surface area contributed by atoms with E-state index in [1.54, 1.807) is 11.8 Å². The predicted octanol–water partition coefficient (Wildman–Crippen LogP) is 2.13. The highest BCUT2D eigenvalue weighted by atomic mass is 32.2. The smallest absolute Gasteiger partial charge is 0.230 e. The summed E-state index contributed by atoms with van der Waals surface area (Å²) in [6.07, 6.45) is 2.28. The topological polar surface area (TPSA) is 53.2 Å². The molecule has 5 heteroatoms. The summed E-state index contributed by atoms with van der Waals surface area (Å²) in [6.45, 7) is 2.07. The van der Waals surface area contributed by atoms with Crippen LogP contribution >= 0.6 is 11.8 Å². The van der Waals surface area contributed by atoms with E-state index in [1.807, 2.05) is 0 Å². The van der Waals surface area contributed by atoms with E-state index in [0.717, 1.165) is 24.2 Å². The highest BCUT2D eigenvalue weighted by molar-refractivity contribution is 8.00. The van der Waals surface area contributed by atoms with E-state index in [9.17, 15) is 4.79 Å². The second kappa shape index (κ2) is 4.72. The van der Waals surface area contributed by atoms with Crippen molar-refractivity contribution in [2.75, 3.05) is 16.4 Å². The van der Waals surface area contributed by atoms with Crippen LogP contribution < -0.4 is 16.0 Å². The van der Waals surface area contributed by atoms with Gasteiger partial charge in [-0.05, 0) is 37.5 Å². The Labute approximate surface area is 111 Å². The van der Waals surface area contributed by atoms with Crippen molar-refractivity contribution in [1.82, 2.24) is 5.32 Å². The predicted molar refractivity (Wildman–Crippen MR) is 75.8 cm³/mol. The van der Waals surface area contributed by atoms with Crippen LogP contribution in [0.4, 0.5) is 11.4 Å². The van der Waals surface area contributed by atoms with Gasteiger partial charge in [0.25, 0.3) is 0 Å². The molecule has 1 unspecified atom stereocenters. The molecule has 96 valence electrons. The van der Waals surface area contributed by atoms with Crippen molar-refractivity contribution in [2.24, 2.45) is 0 Å². The average Bonchev–Trinajstić information content (AvgIpc) is 3.04. The molecule has 0 spiro atoms. The van der Waals surface area contributed by atoms with Crippen LogP contribution in [-0.4, -0.2) is 23.2 Å². The molecular formula is C13H17N3OS. The zero-order valence-corrected chi connectivity index (χ0v) is 11.1. The van der Waals surface area contributed by atoms with Crippen LogP contribution in [-0.2, 0) is 4.79 Å². The second-order valence-electron chi connectivity index (χ2n) is 4.87. The summed E-state index contributed by atoms with van der Waals surface area (Å²) in [5.74, 6) is 0.631. The van der Waals surface area contributed by atoms with Gasteiger partial charge in [-0.25, -0.2) is 0 Å². The summed E-state index contributed by atoms with van der Waals surface area (Å²) in [4.78, 5) is 11.6. The Balaban J connectivity index is 1.49. The first-order valence-corrected chi connectivity index (χ1v) is 7.30. The standard InChI is InChI=1S/C13H17N3OS/c1-8-2-5-10-11(6-8)16-13(15-10)18-7-12(17)14-9-3-4-9/h2,5-6,9,13,15-16H,3-4,7H2,1H3,(H,14,17). The molecule has 1 aliphatic heterocycles. The summed E-state index contributed by atoms with van der Waals surface area (Å²) in [6, 6.07) is 6.72. The Kier molecular flexibility index (Phi) is 3.07. The van der Waals surface area contributed by atoms with E-state index in [0.29, 0.717) is 11.8 Å². The normalized spacial score (nSPS) is 20.8. The number of nitrogens with one attached hydrogen (secondary N) is 3. The van der Waals surface area contributed by atoms with Gasteiger partial charge >= 0.3 is 0 Å². The van der Waals surface area contributed by atoms with Crippen LogP contribution in [0.15, 0.2) is 18.2 Å². The average molecular weight is 263 g/mol. The molecule has 1 aromatic carbocycles. The molecule has 0 bridgehead atoms. The van der Waals surface area contributed by atoms with Gasteiger partial charge in [-0.1, -0.05) is 6.07 Å². The maximum atomic E-state index is 11.6. The number of rotatable bonds is 4. The third-order valence-corrected chi connectivity index (χ3v) is 4.07. The Morgan fingerprint density at radius 1 is 1.39 bits per heavy atom. The highest BCUT2D eigenvalue weighted by Gasteiger charge is 2.25. The van der Waals surface area contributed by atoms with Crippen molar-refractivity contribution >= 4 is 29.0 Å². The van der Waals surface area contributed by atoms with E-state index < -0.39 is 0 Å². The molecule has 2 aliphatic rings. The van der Waals surface area contributed by atoms with Gasteiger partial charge in [0.15, 0.2) is 0 Å². The Bertz CT molecular complexity index is 473. The number of benzene rings is 1. The quantitative estimate of drug-likeness (QED) is 0.779. The van der Waals surface area contributed by atoms with Crippen molar-refractivity contribution in [3.63, 3.8) is 0 Å². The molecule has 1 aromatic rings. The van der Waals surface area contributed by atoms with E-state index in [4.69, 9.17) is 0 Å². The van der Waals surface area contributed by atoms with Crippen molar-refractivity contribution in [2.45, 2.75) is 31.3 Å². The largest absolute Gasteiger partial charge is 0.355 e. The molecule has 0 saturated heterocycles. The third-order valence-electron chi connectivity index (χ3n) is 3.07. The van der Waals surface area contributed by atoms with E-state index >= 15 is 0 Å². The summed E-state index contributed by atoms with van der Waals surface area (Å²) >= 11 is 1.59. The van der Waals surface area contributed by atoms with Crippen molar-refractivity contribution in [1.29, 1.82) is 0 Å². The van der Waals surface area contributed by atoms with E-state index in [-0.39, 0.29) is 11.4 Å². The lowest BCUT2D eigenvalue weighted by Gasteiger charge is -2.11. The zero-order valence-electron chi connectivity index (χ0n) is 10.3. The van der Waals surface area contributed by atoms with Gasteiger partial charge in [-0.2, -0.15) is 0 Å². The molecule has 18 heavy (non-hydrogen) atoms. The molecule has 3 rings (SSSR count). The van der Waals surface area contributed by atoms with Gasteiger partial charge in [-0.15, -0.1) is 11.8 Å². The maximum Gasteiger partial charge on any atom is 0.230 e. The molecule has 1 aliphatic carbocycles. The minimum absolute atomic E-state index is 0.0896. The minimum atomic E-state index is 0.0896. The van der Waals surface area contributed by atoms with Crippen LogP contribution in [0.3, 0.4) is 0 Å². The summed E-state index contributed by atoms with van der Waals surface area (Å²) < 4.78 is 0. The van der Waals surface area contributed by atoms with Gasteiger partial charge in [0, 0.05) is 6.04 Å². The van der Waals surface area contributed by atoms with E-state index in [1.165, 1.54) is 5.56 Å². The Hall–Kier alpha value is -1.36. The lowest BCUT2D eigenvalue weighted by atomic mass is 10.2. The van der Waals surface area contributed by atoms with Gasteiger partial charge in [0.05, 0.1) is 17.1 Å². The molecule has 0 aromatic heterocycles. The number of anilines is 2. The van der Waals surface area contributed by atoms with Gasteiger partial charge < -0.3 is 16.0 Å². The van der Waals surface area contributed by atoms with Gasteiger partial charge in [-0.3, -0.25) is 4.79 Å². The van der Waals surface area contributed by atoms with Crippen LogP contribution in [0, 0.1) is 6.92 Å². The van der Waals surface area contributed by atoms with Crippen molar-refractivity contribution in [3.8, 4) is 0 Å². The molecule has 0 radical (unpaired) electrons. The number of aryl methyl sites for hydroxylation is 1. The monoisotopic (exact) mass is 263 g/mol. The van der Waals surface area contributed by atoms with Crippen molar-refractivity contribution in [3.05, 3.63) is 23.8 Å². The summed E-state index contributed by atoms with van der Waals surface area (Å²) in [7, 11) is 0. The Morgan fingerprint density at radius 2 is 2.17 bits per heavy atom. The summed E-state index contributed by atoms with van der Waals surface area (Å²) in [5, 5.41) is 9.72. The lowest BCUT2D eigenvalue weighted by molar-refractivity contribution is -0.118. The van der Waals surface area contributed by atoms with Crippen LogP contribution in [0.1, 0.15) is 18.4 Å². The molecule has 4 nitrogen and oxygen atoms in total. The number of thioether (sulfide) groups is 1. The molecule has 3 N–H and O–H groups in total. The maximum absolute atomic E-state index is 11.6. The third kappa shape index (κ3) is 2.72. The SMILES string of the molecule is Cc1ccc2c(c1)NC(SCC(=O)NC1CC1)N2. The first kappa shape index (κ1) is 11.7. The molecule has 1 atom stereocenters. The van der Waals surface area contributed by atoms with Gasteiger partial charge in [0.2, 0.25) is 5.91 Å². The minimum Gasteiger partial charge on any atom is -0.355 e. The lowest BCUT2D eigenvalue weighted by Crippen LogP contribution is -2.29. The molecule has 1 saturated carbocycles. The van der Waals surface area contributed by atoms with Crippen molar-refractivity contribution < 1.29 is 4.79 Å². The fourth-order valence-electron chi connectivity index (χ4n) is 1.96. The molecule has 1 fully saturated rings. The van der Waals surface area contributed by atoms with E-state index in [2.05, 4.69) is 41.1 Å². The number of carbonyl (C=O) groups is 1. The second-order valence-corrected chi connectivity index (χ2v) is 5.96. The molecular weight excluding hydrogens is 246 g/mol. The molecule has 1 amide bonds. The van der Waals surface area contributed by atoms with Crippen LogP contribution in [0.25, 0.3) is 0 Å². The van der Waals surface area contributed by atoms with Gasteiger partial charge in [0.1, 0.15) is 5.50 Å². The first-order valence-electron chi connectivity index (χ1n) is 6.25. The zero-order chi connectivity index (χ0) is 12.5. The fourth-order valence-corrected chi connectivity index (χ4v) is 2.78. The highest BCUT2D eigenvalue weighted by Crippen LogP contribution is 2.33. The first-order chi connectivity index (χ1) is 8.70. The number of fused-ring (bicyclic) bond motifs is 1. The molecule has 1 heterocycles. The fraction of sp³-hybridized carbons (Fsp3) is 0.462. The number of hydrogen-bond acceptors (Lipinski definition) is 4. The summed E-state index contributed by atoms with van der Waals surface area (Å²) in [5.41, 5.74) is 3.56.